The number of nitrogens with zero attached hydrogens (tertiary/aromatic N) is 1. The van der Waals surface area contributed by atoms with Crippen LogP contribution in [0.15, 0.2) is 0 Å². The van der Waals surface area contributed by atoms with Gasteiger partial charge in [0, 0.05) is 32.5 Å². The predicted molar refractivity (Wildman–Crippen MR) is 62.9 cm³/mol. The van der Waals surface area contributed by atoms with E-state index in [9.17, 15) is 9.59 Å². The summed E-state index contributed by atoms with van der Waals surface area (Å²) in [6.07, 6.45) is 0.531. The van der Waals surface area contributed by atoms with Gasteiger partial charge in [0.05, 0.1) is 18.6 Å². The maximum atomic E-state index is 11.7. The predicted octanol–water partition coefficient (Wildman–Crippen LogP) is 0.779. The molecule has 1 fully saturated rings. The molecule has 5 nitrogen and oxygen atoms in total. The molecule has 0 spiro atoms. The average Bonchev–Trinajstić information content (AvgIpc) is 2.27. The number of hydrogen-bond donors (Lipinski definition) is 1. The van der Waals surface area contributed by atoms with Gasteiger partial charge in [-0.25, -0.2) is 0 Å². The van der Waals surface area contributed by atoms with Crippen LogP contribution in [0.25, 0.3) is 0 Å². The van der Waals surface area contributed by atoms with E-state index in [0.717, 1.165) is 26.3 Å². The van der Waals surface area contributed by atoms with Gasteiger partial charge in [-0.2, -0.15) is 0 Å². The number of ketones is 1. The molecule has 98 valence electrons. The van der Waals surface area contributed by atoms with E-state index >= 15 is 0 Å². The Kier molecular flexibility index (Phi) is 5.08. The number of hydrogen-bond acceptors (Lipinski definition) is 4. The van der Waals surface area contributed by atoms with E-state index in [1.54, 1.807) is 13.8 Å². The van der Waals surface area contributed by atoms with Gasteiger partial charge < -0.3 is 9.84 Å². The summed E-state index contributed by atoms with van der Waals surface area (Å²) in [7, 11) is 0. The molecule has 5 heteroatoms. The molecule has 1 aliphatic rings. The van der Waals surface area contributed by atoms with Gasteiger partial charge in [0.15, 0.2) is 0 Å². The van der Waals surface area contributed by atoms with Gasteiger partial charge in [0.2, 0.25) is 0 Å². The van der Waals surface area contributed by atoms with E-state index in [4.69, 9.17) is 9.84 Å². The Morgan fingerprint density at radius 1 is 1.29 bits per heavy atom. The maximum absolute atomic E-state index is 11.7. The fraction of sp³-hybridized carbons (Fsp3) is 0.833. The van der Waals surface area contributed by atoms with E-state index in [1.165, 1.54) is 0 Å². The molecule has 0 aromatic carbocycles. The van der Waals surface area contributed by atoms with Crippen LogP contribution in [-0.4, -0.2) is 54.6 Å². The second kappa shape index (κ2) is 6.12. The lowest BCUT2D eigenvalue weighted by Gasteiger charge is -2.26. The third-order valence-corrected chi connectivity index (χ3v) is 3.03. The number of aliphatic carboxylic acids is 1. The minimum Gasteiger partial charge on any atom is -0.481 e. The molecule has 0 aromatic heterocycles. The number of carboxylic acid groups (broad SMARTS) is 1. The number of morpholine rings is 1. The summed E-state index contributed by atoms with van der Waals surface area (Å²) in [5, 5.41) is 8.93. The molecule has 0 bridgehead atoms. The molecule has 0 atom stereocenters. The van der Waals surface area contributed by atoms with Crippen molar-refractivity contribution in [2.45, 2.75) is 26.7 Å². The molecule has 1 aliphatic heterocycles. The summed E-state index contributed by atoms with van der Waals surface area (Å²) in [6, 6.07) is 0. The molecule has 0 radical (unpaired) electrons. The van der Waals surface area contributed by atoms with E-state index in [-0.39, 0.29) is 12.2 Å². The summed E-state index contributed by atoms with van der Waals surface area (Å²) in [6.45, 7) is 7.02. The highest BCUT2D eigenvalue weighted by atomic mass is 16.5. The highest BCUT2D eigenvalue weighted by Gasteiger charge is 2.29. The zero-order valence-electron chi connectivity index (χ0n) is 10.6. The minimum atomic E-state index is -0.956. The number of carbonyl (C=O) groups is 2. The summed E-state index contributed by atoms with van der Waals surface area (Å²) < 4.78 is 5.21. The Labute approximate surface area is 102 Å². The molecular weight excluding hydrogens is 222 g/mol. The zero-order chi connectivity index (χ0) is 12.9. The lowest BCUT2D eigenvalue weighted by Crippen LogP contribution is -2.38. The number of rotatable bonds is 6. The quantitative estimate of drug-likeness (QED) is 0.746. The number of carbonyl (C=O) groups excluding carboxylic acids is 1. The van der Waals surface area contributed by atoms with Gasteiger partial charge in [-0.3, -0.25) is 14.5 Å². The molecular formula is C12H21NO4. The van der Waals surface area contributed by atoms with Crippen LogP contribution in [-0.2, 0) is 14.3 Å². The third-order valence-electron chi connectivity index (χ3n) is 3.03. The first-order valence-corrected chi connectivity index (χ1v) is 5.97. The van der Waals surface area contributed by atoms with Crippen LogP contribution in [0.5, 0.6) is 0 Å². The average molecular weight is 243 g/mol. The second-order valence-electron chi connectivity index (χ2n) is 5.11. The molecule has 1 N–H and O–H groups in total. The van der Waals surface area contributed by atoms with Gasteiger partial charge in [0.25, 0.3) is 0 Å². The van der Waals surface area contributed by atoms with Crippen LogP contribution in [0.2, 0.25) is 0 Å². The Hall–Kier alpha value is -0.940. The summed E-state index contributed by atoms with van der Waals surface area (Å²) in [4.78, 5) is 24.7. The second-order valence-corrected chi connectivity index (χ2v) is 5.11. The monoisotopic (exact) mass is 243 g/mol. The van der Waals surface area contributed by atoms with E-state index in [0.29, 0.717) is 13.0 Å². The summed E-state index contributed by atoms with van der Waals surface area (Å²) >= 11 is 0. The van der Waals surface area contributed by atoms with Gasteiger partial charge in [-0.15, -0.1) is 0 Å². The smallest absolute Gasteiger partial charge is 0.309 e. The van der Waals surface area contributed by atoms with Crippen molar-refractivity contribution in [3.63, 3.8) is 0 Å². The van der Waals surface area contributed by atoms with Crippen molar-refractivity contribution in [1.82, 2.24) is 4.90 Å². The van der Waals surface area contributed by atoms with Gasteiger partial charge in [-0.1, -0.05) is 0 Å². The molecule has 0 saturated carbocycles. The molecule has 0 unspecified atom stereocenters. The van der Waals surface area contributed by atoms with Crippen LogP contribution in [0.3, 0.4) is 0 Å². The highest BCUT2D eigenvalue weighted by Crippen LogP contribution is 2.21. The Morgan fingerprint density at radius 3 is 2.41 bits per heavy atom. The standard InChI is InChI=1S/C12H21NO4/c1-12(2,11(15)16)9-10(14)3-4-13-5-7-17-8-6-13/h3-9H2,1-2H3,(H,15,16). The summed E-state index contributed by atoms with van der Waals surface area (Å²) in [5.74, 6) is -0.902. The first-order valence-electron chi connectivity index (χ1n) is 5.97. The molecule has 0 amide bonds. The fourth-order valence-electron chi connectivity index (χ4n) is 1.76. The first kappa shape index (κ1) is 14.1. The molecule has 0 aromatic rings. The van der Waals surface area contributed by atoms with Crippen LogP contribution in [0.1, 0.15) is 26.7 Å². The lowest BCUT2D eigenvalue weighted by atomic mass is 9.87. The van der Waals surface area contributed by atoms with E-state index in [1.807, 2.05) is 0 Å². The van der Waals surface area contributed by atoms with E-state index < -0.39 is 11.4 Å². The van der Waals surface area contributed by atoms with Crippen molar-refractivity contribution in [1.29, 1.82) is 0 Å². The van der Waals surface area contributed by atoms with Crippen molar-refractivity contribution in [2.75, 3.05) is 32.8 Å². The van der Waals surface area contributed by atoms with Crippen molar-refractivity contribution in [3.8, 4) is 0 Å². The summed E-state index contributed by atoms with van der Waals surface area (Å²) in [5.41, 5.74) is -0.956. The van der Waals surface area contributed by atoms with Gasteiger partial charge >= 0.3 is 5.97 Å². The lowest BCUT2D eigenvalue weighted by molar-refractivity contribution is -0.149. The maximum Gasteiger partial charge on any atom is 0.309 e. The van der Waals surface area contributed by atoms with Gasteiger partial charge in [0.1, 0.15) is 5.78 Å². The molecule has 1 saturated heterocycles. The number of ether oxygens (including phenoxy) is 1. The van der Waals surface area contributed by atoms with Crippen molar-refractivity contribution >= 4 is 11.8 Å². The van der Waals surface area contributed by atoms with Crippen LogP contribution < -0.4 is 0 Å². The Bertz CT molecular complexity index is 282. The largest absolute Gasteiger partial charge is 0.481 e. The van der Waals surface area contributed by atoms with Crippen LogP contribution >= 0.6 is 0 Å². The minimum absolute atomic E-state index is 0.0175. The SMILES string of the molecule is CC(C)(CC(=O)CCN1CCOCC1)C(=O)O. The van der Waals surface area contributed by atoms with Crippen molar-refractivity contribution in [3.05, 3.63) is 0 Å². The van der Waals surface area contributed by atoms with Gasteiger partial charge in [-0.05, 0) is 13.8 Å². The normalized spacial score (nSPS) is 18.0. The number of carboxylic acids is 1. The Balaban J connectivity index is 2.27. The highest BCUT2D eigenvalue weighted by molar-refractivity contribution is 5.85. The third kappa shape index (κ3) is 4.83. The molecule has 1 heterocycles. The fourth-order valence-corrected chi connectivity index (χ4v) is 1.76. The van der Waals surface area contributed by atoms with Crippen molar-refractivity contribution < 1.29 is 19.4 Å². The number of Topliss-reactive ketones (excluding diaryl/α,β-unsaturated/α-hetero) is 1. The molecule has 0 aliphatic carbocycles. The van der Waals surface area contributed by atoms with Crippen LogP contribution in [0, 0.1) is 5.41 Å². The molecule has 17 heavy (non-hydrogen) atoms. The topological polar surface area (TPSA) is 66.8 Å². The molecule has 1 rings (SSSR count). The van der Waals surface area contributed by atoms with E-state index in [2.05, 4.69) is 4.90 Å². The van der Waals surface area contributed by atoms with Crippen LogP contribution in [0.4, 0.5) is 0 Å². The van der Waals surface area contributed by atoms with Crippen molar-refractivity contribution in [2.24, 2.45) is 5.41 Å². The zero-order valence-corrected chi connectivity index (χ0v) is 10.6. The first-order chi connectivity index (χ1) is 7.92. The Morgan fingerprint density at radius 2 is 1.88 bits per heavy atom.